The molecule has 1 heterocycles. The molecule has 3 heteroatoms. The van der Waals surface area contributed by atoms with Crippen LogP contribution in [0.2, 0.25) is 0 Å². The molecule has 0 aliphatic heterocycles. The highest BCUT2D eigenvalue weighted by Crippen LogP contribution is 2.26. The molecule has 1 unspecified atom stereocenters. The molecule has 1 fully saturated rings. The Morgan fingerprint density at radius 3 is 2.80 bits per heavy atom. The van der Waals surface area contributed by atoms with Crippen molar-refractivity contribution in [2.24, 2.45) is 5.92 Å². The van der Waals surface area contributed by atoms with Crippen LogP contribution in [0.3, 0.4) is 0 Å². The van der Waals surface area contributed by atoms with E-state index in [9.17, 15) is 0 Å². The lowest BCUT2D eigenvalue weighted by Crippen LogP contribution is -2.13. The highest BCUT2D eigenvalue weighted by molar-refractivity contribution is 5.30. The molecule has 0 bridgehead atoms. The van der Waals surface area contributed by atoms with E-state index in [-0.39, 0.29) is 0 Å². The second kappa shape index (κ2) is 4.25. The average molecular weight is 207 g/mol. The van der Waals surface area contributed by atoms with E-state index in [0.29, 0.717) is 12.1 Å². The Bertz CT molecular complexity index is 312. The number of imidazole rings is 1. The molecule has 1 aromatic rings. The van der Waals surface area contributed by atoms with Gasteiger partial charge >= 0.3 is 0 Å². The van der Waals surface area contributed by atoms with Gasteiger partial charge in [0.15, 0.2) is 0 Å². The molecule has 1 atom stereocenters. The van der Waals surface area contributed by atoms with E-state index >= 15 is 0 Å². The van der Waals surface area contributed by atoms with Gasteiger partial charge in [-0.2, -0.15) is 0 Å². The van der Waals surface area contributed by atoms with Crippen LogP contribution >= 0.6 is 0 Å². The molecule has 2 rings (SSSR count). The van der Waals surface area contributed by atoms with Gasteiger partial charge in [0.1, 0.15) is 0 Å². The number of hydrogen-bond acceptors (Lipinski definition) is 2. The summed E-state index contributed by atoms with van der Waals surface area (Å²) in [5, 5.41) is 3.47. The molecule has 84 valence electrons. The molecule has 3 nitrogen and oxygen atoms in total. The minimum atomic E-state index is 0.536. The number of nitrogens with zero attached hydrogens (tertiary/aromatic N) is 2. The Morgan fingerprint density at radius 2 is 2.20 bits per heavy atom. The third-order valence-electron chi connectivity index (χ3n) is 2.87. The van der Waals surface area contributed by atoms with E-state index in [1.54, 1.807) is 0 Å². The fourth-order valence-corrected chi connectivity index (χ4v) is 1.99. The van der Waals surface area contributed by atoms with E-state index in [1.807, 2.05) is 6.20 Å². The Morgan fingerprint density at radius 1 is 1.47 bits per heavy atom. The van der Waals surface area contributed by atoms with Crippen LogP contribution in [0, 0.1) is 5.92 Å². The molecule has 0 radical (unpaired) electrons. The first-order valence-electron chi connectivity index (χ1n) is 5.96. The van der Waals surface area contributed by atoms with Gasteiger partial charge in [-0.15, -0.1) is 0 Å². The van der Waals surface area contributed by atoms with Crippen molar-refractivity contribution in [3.05, 3.63) is 12.4 Å². The summed E-state index contributed by atoms with van der Waals surface area (Å²) in [5.41, 5.74) is 0. The van der Waals surface area contributed by atoms with Crippen molar-refractivity contribution in [3.8, 4) is 0 Å². The summed E-state index contributed by atoms with van der Waals surface area (Å²) < 4.78 is 2.26. The SMILES string of the molecule is CC(C)CC(C)n1ccnc1NC1CC1. The predicted octanol–water partition coefficient (Wildman–Crippen LogP) is 3.06. The van der Waals surface area contributed by atoms with Gasteiger partial charge in [-0.25, -0.2) is 4.98 Å². The van der Waals surface area contributed by atoms with E-state index < -0.39 is 0 Å². The molecule has 1 saturated carbocycles. The van der Waals surface area contributed by atoms with E-state index in [1.165, 1.54) is 19.3 Å². The third kappa shape index (κ3) is 2.74. The van der Waals surface area contributed by atoms with Crippen LogP contribution in [0.4, 0.5) is 5.95 Å². The lowest BCUT2D eigenvalue weighted by Gasteiger charge is -2.18. The van der Waals surface area contributed by atoms with Crippen molar-refractivity contribution < 1.29 is 0 Å². The number of anilines is 1. The fraction of sp³-hybridized carbons (Fsp3) is 0.750. The summed E-state index contributed by atoms with van der Waals surface area (Å²) in [6.07, 6.45) is 7.77. The molecule has 0 saturated heterocycles. The van der Waals surface area contributed by atoms with Gasteiger partial charge < -0.3 is 9.88 Å². The van der Waals surface area contributed by atoms with Crippen molar-refractivity contribution in [2.45, 2.75) is 52.1 Å². The van der Waals surface area contributed by atoms with E-state index in [4.69, 9.17) is 0 Å². The zero-order valence-corrected chi connectivity index (χ0v) is 9.90. The van der Waals surface area contributed by atoms with Gasteiger partial charge in [0.2, 0.25) is 5.95 Å². The smallest absolute Gasteiger partial charge is 0.203 e. The summed E-state index contributed by atoms with van der Waals surface area (Å²) in [5.74, 6) is 1.78. The summed E-state index contributed by atoms with van der Waals surface area (Å²) >= 11 is 0. The second-order valence-corrected chi connectivity index (χ2v) is 5.06. The van der Waals surface area contributed by atoms with Gasteiger partial charge in [-0.3, -0.25) is 0 Å². The Labute approximate surface area is 91.9 Å². The van der Waals surface area contributed by atoms with Crippen molar-refractivity contribution in [3.63, 3.8) is 0 Å². The van der Waals surface area contributed by atoms with Crippen LogP contribution in [-0.4, -0.2) is 15.6 Å². The molecule has 1 aromatic heterocycles. The largest absolute Gasteiger partial charge is 0.353 e. The fourth-order valence-electron chi connectivity index (χ4n) is 1.99. The van der Waals surface area contributed by atoms with Crippen LogP contribution in [0.25, 0.3) is 0 Å². The predicted molar refractivity (Wildman–Crippen MR) is 63.0 cm³/mol. The third-order valence-corrected chi connectivity index (χ3v) is 2.87. The monoisotopic (exact) mass is 207 g/mol. The van der Waals surface area contributed by atoms with Gasteiger partial charge in [0, 0.05) is 24.5 Å². The first kappa shape index (κ1) is 10.5. The molecular formula is C12H21N3. The topological polar surface area (TPSA) is 29.9 Å². The lowest BCUT2D eigenvalue weighted by molar-refractivity contribution is 0.430. The second-order valence-electron chi connectivity index (χ2n) is 5.06. The Balaban J connectivity index is 2.01. The quantitative estimate of drug-likeness (QED) is 0.804. The molecule has 0 amide bonds. The number of rotatable bonds is 5. The Hall–Kier alpha value is -0.990. The van der Waals surface area contributed by atoms with E-state index in [2.05, 4.69) is 41.8 Å². The molecule has 1 N–H and O–H groups in total. The molecule has 1 aliphatic carbocycles. The standard InChI is InChI=1S/C12H21N3/c1-9(2)8-10(3)15-7-6-13-12(15)14-11-4-5-11/h6-7,9-11H,4-5,8H2,1-3H3,(H,13,14). The van der Waals surface area contributed by atoms with Gasteiger partial charge in [0.25, 0.3) is 0 Å². The number of aromatic nitrogens is 2. The Kier molecular flexibility index (Phi) is 2.98. The normalized spacial score (nSPS) is 18.1. The van der Waals surface area contributed by atoms with Crippen LogP contribution in [0.1, 0.15) is 46.1 Å². The zero-order valence-electron chi connectivity index (χ0n) is 9.90. The summed E-state index contributed by atoms with van der Waals surface area (Å²) in [4.78, 5) is 4.38. The van der Waals surface area contributed by atoms with Crippen LogP contribution in [-0.2, 0) is 0 Å². The first-order chi connectivity index (χ1) is 7.16. The minimum absolute atomic E-state index is 0.536. The molecule has 1 aliphatic rings. The zero-order chi connectivity index (χ0) is 10.8. The summed E-state index contributed by atoms with van der Waals surface area (Å²) in [7, 11) is 0. The van der Waals surface area contributed by atoms with Crippen LogP contribution < -0.4 is 5.32 Å². The highest BCUT2D eigenvalue weighted by atomic mass is 15.2. The van der Waals surface area contributed by atoms with Crippen LogP contribution in [0.15, 0.2) is 12.4 Å². The van der Waals surface area contributed by atoms with Crippen molar-refractivity contribution in [1.29, 1.82) is 0 Å². The maximum absolute atomic E-state index is 4.38. The lowest BCUT2D eigenvalue weighted by atomic mass is 10.1. The molecule has 0 spiro atoms. The molecule has 15 heavy (non-hydrogen) atoms. The maximum Gasteiger partial charge on any atom is 0.203 e. The summed E-state index contributed by atoms with van der Waals surface area (Å²) in [6.45, 7) is 6.79. The average Bonchev–Trinajstić information content (AvgIpc) is 2.80. The van der Waals surface area contributed by atoms with Gasteiger partial charge in [-0.05, 0) is 32.1 Å². The van der Waals surface area contributed by atoms with Gasteiger partial charge in [0.05, 0.1) is 0 Å². The minimum Gasteiger partial charge on any atom is -0.353 e. The van der Waals surface area contributed by atoms with E-state index in [0.717, 1.165) is 11.9 Å². The molecular weight excluding hydrogens is 186 g/mol. The van der Waals surface area contributed by atoms with Gasteiger partial charge in [-0.1, -0.05) is 13.8 Å². The van der Waals surface area contributed by atoms with Crippen molar-refractivity contribution in [1.82, 2.24) is 9.55 Å². The number of nitrogens with one attached hydrogen (secondary N) is 1. The van der Waals surface area contributed by atoms with Crippen molar-refractivity contribution >= 4 is 5.95 Å². The first-order valence-corrected chi connectivity index (χ1v) is 5.96. The van der Waals surface area contributed by atoms with Crippen molar-refractivity contribution in [2.75, 3.05) is 5.32 Å². The maximum atomic E-state index is 4.38. The van der Waals surface area contributed by atoms with Crippen LogP contribution in [0.5, 0.6) is 0 Å². The number of hydrogen-bond donors (Lipinski definition) is 1. The molecule has 0 aromatic carbocycles. The summed E-state index contributed by atoms with van der Waals surface area (Å²) in [6, 6.07) is 1.21. The highest BCUT2D eigenvalue weighted by Gasteiger charge is 2.23.